The van der Waals surface area contributed by atoms with Crippen LogP contribution in [-0.4, -0.2) is 49.5 Å². The lowest BCUT2D eigenvalue weighted by Crippen LogP contribution is -2.18. The number of nitrogens with zero attached hydrogens (tertiary/aromatic N) is 1. The Hall–Kier alpha value is -2.98. The Bertz CT molecular complexity index is 1280. The lowest BCUT2D eigenvalue weighted by molar-refractivity contribution is -0.117. The second kappa shape index (κ2) is 8.27. The first-order chi connectivity index (χ1) is 14.7. The maximum absolute atomic E-state index is 11.6. The van der Waals surface area contributed by atoms with Gasteiger partial charge in [0.25, 0.3) is 0 Å². The molecule has 4 rings (SSSR count). The zero-order valence-corrected chi connectivity index (χ0v) is 18.5. The Balaban J connectivity index is 1.60. The standard InChI is InChI=1S/C21H21N3O5S2/c1-28-18-9-14(29-13-3-5-16(6-4-13)31(2,26)27)7-12-8-17(24-20(12)18)21-23-11-15(30-21)10-19(22)25/h3-9,15,24H,10-11H2,1-2H3,(H2,22,25). The van der Waals surface area contributed by atoms with E-state index < -0.39 is 9.84 Å². The van der Waals surface area contributed by atoms with E-state index in [1.807, 2.05) is 12.1 Å². The monoisotopic (exact) mass is 459 g/mol. The smallest absolute Gasteiger partial charge is 0.218 e. The molecule has 8 nitrogen and oxygen atoms in total. The number of methoxy groups -OCH3 is 1. The summed E-state index contributed by atoms with van der Waals surface area (Å²) in [6.07, 6.45) is 1.45. The highest BCUT2D eigenvalue weighted by Crippen LogP contribution is 2.36. The van der Waals surface area contributed by atoms with Crippen molar-refractivity contribution in [2.45, 2.75) is 16.6 Å². The number of fused-ring (bicyclic) bond motifs is 1. The molecule has 0 spiro atoms. The largest absolute Gasteiger partial charge is 0.494 e. The van der Waals surface area contributed by atoms with Gasteiger partial charge in [-0.3, -0.25) is 9.79 Å². The minimum atomic E-state index is -3.27. The van der Waals surface area contributed by atoms with Crippen LogP contribution in [0.25, 0.3) is 10.9 Å². The van der Waals surface area contributed by atoms with Gasteiger partial charge in [0.15, 0.2) is 9.84 Å². The highest BCUT2D eigenvalue weighted by atomic mass is 32.2. The van der Waals surface area contributed by atoms with Crippen LogP contribution in [0.3, 0.4) is 0 Å². The molecule has 1 aliphatic rings. The number of H-pyrrole nitrogens is 1. The lowest BCUT2D eigenvalue weighted by atomic mass is 10.2. The number of nitrogens with two attached hydrogens (primary N) is 1. The summed E-state index contributed by atoms with van der Waals surface area (Å²) in [6, 6.07) is 11.8. The van der Waals surface area contributed by atoms with Gasteiger partial charge in [0.1, 0.15) is 22.3 Å². The fourth-order valence-electron chi connectivity index (χ4n) is 3.31. The Morgan fingerprint density at radius 2 is 1.97 bits per heavy atom. The average molecular weight is 460 g/mol. The number of aromatic amines is 1. The molecule has 162 valence electrons. The number of thioether (sulfide) groups is 1. The van der Waals surface area contributed by atoms with E-state index in [0.29, 0.717) is 23.8 Å². The summed E-state index contributed by atoms with van der Waals surface area (Å²) in [6.45, 7) is 0.549. The molecule has 1 aliphatic heterocycles. The number of carbonyl (C=O) groups is 1. The van der Waals surface area contributed by atoms with Crippen molar-refractivity contribution in [3.8, 4) is 17.2 Å². The summed E-state index contributed by atoms with van der Waals surface area (Å²) in [5.74, 6) is 1.33. The third kappa shape index (κ3) is 4.70. The Kier molecular flexibility index (Phi) is 5.67. The van der Waals surface area contributed by atoms with Gasteiger partial charge < -0.3 is 20.2 Å². The predicted octanol–water partition coefficient (Wildman–Crippen LogP) is 3.11. The highest BCUT2D eigenvalue weighted by Gasteiger charge is 2.24. The van der Waals surface area contributed by atoms with Gasteiger partial charge in [-0.2, -0.15) is 0 Å². The van der Waals surface area contributed by atoms with Crippen LogP contribution in [0.5, 0.6) is 17.2 Å². The number of primary amides is 1. The summed E-state index contributed by atoms with van der Waals surface area (Å²) in [5.41, 5.74) is 6.93. The van der Waals surface area contributed by atoms with E-state index in [4.69, 9.17) is 15.2 Å². The molecule has 0 saturated carbocycles. The fourth-order valence-corrected chi connectivity index (χ4v) is 5.04. The van der Waals surface area contributed by atoms with E-state index in [1.54, 1.807) is 25.3 Å². The zero-order chi connectivity index (χ0) is 22.2. The van der Waals surface area contributed by atoms with Crippen molar-refractivity contribution in [2.75, 3.05) is 19.9 Å². The number of amides is 1. The number of aliphatic imine (C=N–C) groups is 1. The minimum absolute atomic E-state index is 0.0506. The maximum Gasteiger partial charge on any atom is 0.218 e. The normalized spacial score (nSPS) is 16.3. The Morgan fingerprint density at radius 3 is 2.61 bits per heavy atom. The number of carbonyl (C=O) groups excluding carboxylic acids is 1. The first kappa shape index (κ1) is 21.3. The average Bonchev–Trinajstić information content (AvgIpc) is 3.33. The van der Waals surface area contributed by atoms with Gasteiger partial charge >= 0.3 is 0 Å². The number of hydrogen-bond acceptors (Lipinski definition) is 7. The SMILES string of the molecule is COc1cc(Oc2ccc(S(C)(=O)=O)cc2)cc2cc(C3=NCC(CC(N)=O)S3)[nH]c12. The van der Waals surface area contributed by atoms with Crippen LogP contribution < -0.4 is 15.2 Å². The molecule has 1 amide bonds. The molecular weight excluding hydrogens is 438 g/mol. The number of benzene rings is 2. The number of nitrogens with one attached hydrogen (secondary N) is 1. The molecule has 0 bridgehead atoms. The third-order valence-electron chi connectivity index (χ3n) is 4.75. The molecule has 1 aromatic heterocycles. The number of aromatic nitrogens is 1. The van der Waals surface area contributed by atoms with E-state index in [2.05, 4.69) is 9.98 Å². The van der Waals surface area contributed by atoms with Crippen molar-refractivity contribution in [1.29, 1.82) is 0 Å². The van der Waals surface area contributed by atoms with E-state index in [9.17, 15) is 13.2 Å². The second-order valence-corrected chi connectivity index (χ2v) is 10.5. The topological polar surface area (TPSA) is 124 Å². The van der Waals surface area contributed by atoms with Gasteiger partial charge in [-0.1, -0.05) is 11.8 Å². The maximum atomic E-state index is 11.6. The van der Waals surface area contributed by atoms with Crippen LogP contribution in [0.1, 0.15) is 12.1 Å². The van der Waals surface area contributed by atoms with Crippen molar-refractivity contribution < 1.29 is 22.7 Å². The van der Waals surface area contributed by atoms with Crippen molar-refractivity contribution in [3.63, 3.8) is 0 Å². The lowest BCUT2D eigenvalue weighted by Gasteiger charge is -2.09. The number of hydrogen-bond donors (Lipinski definition) is 2. The van der Waals surface area contributed by atoms with Crippen LogP contribution in [0.2, 0.25) is 0 Å². The molecule has 31 heavy (non-hydrogen) atoms. The summed E-state index contributed by atoms with van der Waals surface area (Å²) in [4.78, 5) is 19.3. The summed E-state index contributed by atoms with van der Waals surface area (Å²) in [7, 11) is -1.69. The van der Waals surface area contributed by atoms with E-state index >= 15 is 0 Å². The van der Waals surface area contributed by atoms with Gasteiger partial charge in [0, 0.05) is 29.4 Å². The van der Waals surface area contributed by atoms with Crippen LogP contribution in [0, 0.1) is 0 Å². The van der Waals surface area contributed by atoms with Crippen LogP contribution in [0.4, 0.5) is 0 Å². The molecule has 2 heterocycles. The van der Waals surface area contributed by atoms with E-state index in [0.717, 1.165) is 27.9 Å². The number of rotatable bonds is 7. The second-order valence-electron chi connectivity index (χ2n) is 7.17. The molecule has 3 aromatic rings. The predicted molar refractivity (Wildman–Crippen MR) is 121 cm³/mol. The number of sulfone groups is 1. The van der Waals surface area contributed by atoms with Gasteiger partial charge in [-0.25, -0.2) is 8.42 Å². The molecule has 3 N–H and O–H groups in total. The van der Waals surface area contributed by atoms with E-state index in [1.165, 1.54) is 23.9 Å². The van der Waals surface area contributed by atoms with Gasteiger partial charge in [0.2, 0.25) is 5.91 Å². The molecule has 0 aliphatic carbocycles. The summed E-state index contributed by atoms with van der Waals surface area (Å²) in [5, 5.41) is 1.75. The van der Waals surface area contributed by atoms with Crippen molar-refractivity contribution in [3.05, 3.63) is 48.2 Å². The zero-order valence-electron chi connectivity index (χ0n) is 16.9. The molecular formula is C21H21N3O5S2. The molecule has 0 radical (unpaired) electrons. The van der Waals surface area contributed by atoms with Crippen molar-refractivity contribution in [2.24, 2.45) is 10.7 Å². The van der Waals surface area contributed by atoms with Gasteiger partial charge in [-0.05, 0) is 36.4 Å². The molecule has 1 atom stereocenters. The first-order valence-electron chi connectivity index (χ1n) is 9.41. The van der Waals surface area contributed by atoms with Gasteiger partial charge in [0.05, 0.1) is 29.8 Å². The fraction of sp³-hybridized carbons (Fsp3) is 0.238. The summed E-state index contributed by atoms with van der Waals surface area (Å²) < 4.78 is 34.7. The Morgan fingerprint density at radius 1 is 1.23 bits per heavy atom. The first-order valence-corrected chi connectivity index (χ1v) is 12.2. The Labute approximate surface area is 183 Å². The quantitative estimate of drug-likeness (QED) is 0.559. The van der Waals surface area contributed by atoms with E-state index in [-0.39, 0.29) is 22.5 Å². The molecule has 2 aromatic carbocycles. The minimum Gasteiger partial charge on any atom is -0.494 e. The van der Waals surface area contributed by atoms with Crippen molar-refractivity contribution >= 4 is 43.5 Å². The molecule has 0 fully saturated rings. The van der Waals surface area contributed by atoms with Crippen LogP contribution in [0.15, 0.2) is 52.4 Å². The van der Waals surface area contributed by atoms with Gasteiger partial charge in [-0.15, -0.1) is 0 Å². The molecule has 1 unspecified atom stereocenters. The third-order valence-corrected chi connectivity index (χ3v) is 7.10. The van der Waals surface area contributed by atoms with Crippen LogP contribution >= 0.6 is 11.8 Å². The van der Waals surface area contributed by atoms with Crippen LogP contribution in [-0.2, 0) is 14.6 Å². The van der Waals surface area contributed by atoms with Crippen molar-refractivity contribution in [1.82, 2.24) is 4.98 Å². The highest BCUT2D eigenvalue weighted by molar-refractivity contribution is 8.15. The molecule has 10 heteroatoms. The number of ether oxygens (including phenoxy) is 2. The molecule has 0 saturated heterocycles. The summed E-state index contributed by atoms with van der Waals surface area (Å²) >= 11 is 1.53.